The lowest BCUT2D eigenvalue weighted by molar-refractivity contribution is -0.125. The molecule has 0 saturated carbocycles. The van der Waals surface area contributed by atoms with Crippen molar-refractivity contribution < 1.29 is 9.53 Å². The van der Waals surface area contributed by atoms with Crippen molar-refractivity contribution in [3.8, 4) is 11.5 Å². The number of likely N-dealkylation sites (tertiary alicyclic amines) is 1. The van der Waals surface area contributed by atoms with Crippen LogP contribution in [0.5, 0.6) is 11.5 Å². The third-order valence-corrected chi connectivity index (χ3v) is 4.73. The Morgan fingerprint density at radius 2 is 2.19 bits per heavy atom. The van der Waals surface area contributed by atoms with E-state index in [4.69, 9.17) is 16.3 Å². The smallest absolute Gasteiger partial charge is 0.246 e. The second-order valence-corrected chi connectivity index (χ2v) is 6.72. The van der Waals surface area contributed by atoms with Gasteiger partial charge in [-0.05, 0) is 36.8 Å². The van der Waals surface area contributed by atoms with Crippen LogP contribution in [0.4, 0.5) is 5.82 Å². The first kappa shape index (κ1) is 17.4. The molecule has 0 radical (unpaired) electrons. The lowest BCUT2D eigenvalue weighted by Gasteiger charge is -2.15. The number of benzene rings is 1. The van der Waals surface area contributed by atoms with E-state index in [2.05, 4.69) is 27.1 Å². The van der Waals surface area contributed by atoms with Crippen LogP contribution in [0, 0.1) is 0 Å². The Hall–Kier alpha value is -3.06. The van der Waals surface area contributed by atoms with Crippen molar-refractivity contribution in [1.82, 2.24) is 20.1 Å². The maximum atomic E-state index is 11.8. The van der Waals surface area contributed by atoms with E-state index < -0.39 is 0 Å². The van der Waals surface area contributed by atoms with Crippen LogP contribution >= 0.6 is 11.6 Å². The molecule has 3 aromatic rings. The number of amides is 1. The molecule has 4 rings (SSSR count). The fourth-order valence-electron chi connectivity index (χ4n) is 3.14. The molecule has 1 aliphatic heterocycles. The summed E-state index contributed by atoms with van der Waals surface area (Å²) in [4.78, 5) is 17.9. The molecule has 2 N–H and O–H groups in total. The molecule has 8 heteroatoms. The molecule has 1 aromatic carbocycles. The molecular formula is C19H18ClN5O2. The third-order valence-electron chi connectivity index (χ3n) is 4.48. The number of fused-ring (bicyclic) bond motifs is 1. The lowest BCUT2D eigenvalue weighted by Crippen LogP contribution is -2.30. The molecule has 0 aliphatic carbocycles. The van der Waals surface area contributed by atoms with Crippen LogP contribution in [0.1, 0.15) is 6.42 Å². The van der Waals surface area contributed by atoms with Crippen molar-refractivity contribution in [3.63, 3.8) is 0 Å². The van der Waals surface area contributed by atoms with E-state index in [1.54, 1.807) is 41.4 Å². The van der Waals surface area contributed by atoms with E-state index in [-0.39, 0.29) is 11.9 Å². The number of halogens is 1. The second kappa shape index (κ2) is 7.28. The van der Waals surface area contributed by atoms with Crippen LogP contribution in [0.2, 0.25) is 5.02 Å². The van der Waals surface area contributed by atoms with Gasteiger partial charge in [-0.25, -0.2) is 4.98 Å². The van der Waals surface area contributed by atoms with E-state index in [0.717, 1.165) is 11.8 Å². The van der Waals surface area contributed by atoms with Gasteiger partial charge in [-0.1, -0.05) is 18.2 Å². The van der Waals surface area contributed by atoms with Gasteiger partial charge in [0.05, 0.1) is 0 Å². The summed E-state index contributed by atoms with van der Waals surface area (Å²) < 4.78 is 6.01. The molecule has 2 aromatic heterocycles. The molecule has 1 atom stereocenters. The van der Waals surface area contributed by atoms with Gasteiger partial charge in [0.2, 0.25) is 5.91 Å². The number of aromatic amines is 1. The molecule has 0 spiro atoms. The Morgan fingerprint density at radius 1 is 1.37 bits per heavy atom. The SMILES string of the molecule is C=CC(=O)N1CCC(Nc2n[nH]c3nccc(Oc4ccc(Cl)cc4)c23)C1. The van der Waals surface area contributed by atoms with Crippen molar-refractivity contribution in [2.45, 2.75) is 12.5 Å². The minimum atomic E-state index is -0.0559. The molecular weight excluding hydrogens is 366 g/mol. The molecule has 1 amide bonds. The molecule has 7 nitrogen and oxygen atoms in total. The highest BCUT2D eigenvalue weighted by molar-refractivity contribution is 6.30. The van der Waals surface area contributed by atoms with Gasteiger partial charge in [0.15, 0.2) is 11.5 Å². The molecule has 0 bridgehead atoms. The van der Waals surface area contributed by atoms with Gasteiger partial charge in [0.1, 0.15) is 16.9 Å². The Morgan fingerprint density at radius 3 is 2.96 bits per heavy atom. The van der Waals surface area contributed by atoms with Crippen LogP contribution in [-0.2, 0) is 4.79 Å². The van der Waals surface area contributed by atoms with Gasteiger partial charge in [-0.3, -0.25) is 9.89 Å². The van der Waals surface area contributed by atoms with Crippen LogP contribution in [0.3, 0.4) is 0 Å². The van der Waals surface area contributed by atoms with E-state index in [1.165, 1.54) is 6.08 Å². The number of nitrogens with zero attached hydrogens (tertiary/aromatic N) is 3. The Labute approximate surface area is 161 Å². The quantitative estimate of drug-likeness (QED) is 0.658. The normalized spacial score (nSPS) is 16.5. The fraction of sp³-hybridized carbons (Fsp3) is 0.211. The van der Waals surface area contributed by atoms with Crippen molar-refractivity contribution in [1.29, 1.82) is 0 Å². The highest BCUT2D eigenvalue weighted by atomic mass is 35.5. The number of hydrogen-bond acceptors (Lipinski definition) is 5. The van der Waals surface area contributed by atoms with Gasteiger partial charge in [0, 0.05) is 36.4 Å². The summed E-state index contributed by atoms with van der Waals surface area (Å²) in [5.74, 6) is 1.90. The van der Waals surface area contributed by atoms with Crippen LogP contribution in [0.25, 0.3) is 11.0 Å². The van der Waals surface area contributed by atoms with Crippen LogP contribution in [-0.4, -0.2) is 45.1 Å². The molecule has 1 unspecified atom stereocenters. The highest BCUT2D eigenvalue weighted by Crippen LogP contribution is 2.33. The summed E-state index contributed by atoms with van der Waals surface area (Å²) in [7, 11) is 0. The van der Waals surface area contributed by atoms with Crippen molar-refractivity contribution >= 4 is 34.4 Å². The van der Waals surface area contributed by atoms with Gasteiger partial charge in [-0.15, -0.1) is 0 Å². The monoisotopic (exact) mass is 383 g/mol. The zero-order valence-corrected chi connectivity index (χ0v) is 15.2. The predicted molar refractivity (Wildman–Crippen MR) is 104 cm³/mol. The Kier molecular flexibility index (Phi) is 4.68. The standard InChI is InChI=1S/C19H18ClN5O2/c1-2-16(26)25-10-8-13(11-25)22-19-17-15(7-9-21-18(17)23-24-19)27-14-5-3-12(20)4-6-14/h2-7,9,13H,1,8,10-11H2,(H2,21,22,23,24). The molecule has 1 aliphatic rings. The number of rotatable bonds is 5. The van der Waals surface area contributed by atoms with E-state index in [0.29, 0.717) is 41.1 Å². The maximum absolute atomic E-state index is 11.8. The topological polar surface area (TPSA) is 83.1 Å². The van der Waals surface area contributed by atoms with Crippen LogP contribution < -0.4 is 10.1 Å². The van der Waals surface area contributed by atoms with Crippen molar-refractivity contribution in [2.75, 3.05) is 18.4 Å². The summed E-state index contributed by atoms with van der Waals surface area (Å²) in [6.45, 7) is 4.84. The van der Waals surface area contributed by atoms with Crippen LogP contribution in [0.15, 0.2) is 49.2 Å². The second-order valence-electron chi connectivity index (χ2n) is 6.28. The van der Waals surface area contributed by atoms with Crippen molar-refractivity contribution in [3.05, 3.63) is 54.2 Å². The van der Waals surface area contributed by atoms with Gasteiger partial charge in [0.25, 0.3) is 0 Å². The van der Waals surface area contributed by atoms with E-state index in [9.17, 15) is 4.79 Å². The summed E-state index contributed by atoms with van der Waals surface area (Å²) in [6.07, 6.45) is 3.84. The minimum absolute atomic E-state index is 0.0559. The van der Waals surface area contributed by atoms with Crippen molar-refractivity contribution in [2.24, 2.45) is 0 Å². The summed E-state index contributed by atoms with van der Waals surface area (Å²) in [5.41, 5.74) is 0.626. The van der Waals surface area contributed by atoms with Gasteiger partial charge >= 0.3 is 0 Å². The third kappa shape index (κ3) is 3.59. The predicted octanol–water partition coefficient (Wildman–Crippen LogP) is 3.60. The minimum Gasteiger partial charge on any atom is -0.456 e. The fourth-order valence-corrected chi connectivity index (χ4v) is 3.27. The zero-order chi connectivity index (χ0) is 18.8. The first-order valence-corrected chi connectivity index (χ1v) is 8.96. The van der Waals surface area contributed by atoms with Gasteiger partial charge < -0.3 is 15.0 Å². The number of aromatic nitrogens is 3. The Bertz CT molecular complexity index is 985. The molecule has 138 valence electrons. The lowest BCUT2D eigenvalue weighted by atomic mass is 10.2. The first-order chi connectivity index (χ1) is 13.1. The highest BCUT2D eigenvalue weighted by Gasteiger charge is 2.26. The molecule has 1 fully saturated rings. The molecule has 1 saturated heterocycles. The average molecular weight is 384 g/mol. The summed E-state index contributed by atoms with van der Waals surface area (Å²) in [5, 5.41) is 12.1. The number of carbonyl (C=O) groups is 1. The average Bonchev–Trinajstić information content (AvgIpc) is 3.31. The molecule has 27 heavy (non-hydrogen) atoms. The number of pyridine rings is 1. The largest absolute Gasteiger partial charge is 0.456 e. The number of carbonyl (C=O) groups excluding carboxylic acids is 1. The molecule has 3 heterocycles. The number of hydrogen-bond donors (Lipinski definition) is 2. The number of H-pyrrole nitrogens is 1. The van der Waals surface area contributed by atoms with E-state index in [1.807, 2.05) is 0 Å². The summed E-state index contributed by atoms with van der Waals surface area (Å²) >= 11 is 5.93. The maximum Gasteiger partial charge on any atom is 0.246 e. The first-order valence-electron chi connectivity index (χ1n) is 8.58. The number of anilines is 1. The number of ether oxygens (including phenoxy) is 1. The summed E-state index contributed by atoms with van der Waals surface area (Å²) in [6, 6.07) is 9.04. The zero-order valence-electron chi connectivity index (χ0n) is 14.5. The van der Waals surface area contributed by atoms with Gasteiger partial charge in [-0.2, -0.15) is 5.10 Å². The Balaban J connectivity index is 1.58. The number of nitrogens with one attached hydrogen (secondary N) is 2. The van der Waals surface area contributed by atoms with E-state index >= 15 is 0 Å².